The Balaban J connectivity index is 0.965. The lowest BCUT2D eigenvalue weighted by Gasteiger charge is -2.17. The summed E-state index contributed by atoms with van der Waals surface area (Å²) in [6.45, 7) is 0.224. The summed E-state index contributed by atoms with van der Waals surface area (Å²) in [5.41, 5.74) is 1.23. The maximum absolute atomic E-state index is 12.8. The average molecular weight is 478 g/mol. The normalized spacial score (nSPS) is 24.6. The number of nitrogens with zero attached hydrogens (tertiary/aromatic N) is 1. The fourth-order valence-electron chi connectivity index (χ4n) is 6.94. The first kappa shape index (κ1) is 21.5. The van der Waals surface area contributed by atoms with E-state index in [1.54, 1.807) is 0 Å². The summed E-state index contributed by atoms with van der Waals surface area (Å²) in [7, 11) is 0. The molecule has 180 valence electrons. The number of carbonyl (C=O) groups excluding carboxylic acids is 3. The van der Waals surface area contributed by atoms with Crippen molar-refractivity contribution in [2.75, 3.05) is 13.2 Å². The summed E-state index contributed by atoms with van der Waals surface area (Å²) in [6, 6.07) is 19.5. The fraction of sp³-hybridized carbons (Fsp3) is 0.323. The lowest BCUT2D eigenvalue weighted by atomic mass is 9.85. The molecule has 5 heteroatoms. The maximum atomic E-state index is 12.8. The standard InChI is InChI=1S/C31H27NO4/c33-25(36-16-15-32-30(34)28-22-11-12-23(17-22)29(28)31(32)35)6-2-3-18-7-8-21-10-9-19-4-1-5-20-13-14-24(18)27(21)26(19)20/h1,4-5,7-14,22-23,28-29H,2-3,6,15-17H2. The zero-order valence-corrected chi connectivity index (χ0v) is 20.0. The highest BCUT2D eigenvalue weighted by atomic mass is 16.5. The van der Waals surface area contributed by atoms with Gasteiger partial charge in [-0.2, -0.15) is 0 Å². The zero-order chi connectivity index (χ0) is 24.4. The molecule has 0 spiro atoms. The number of hydrogen-bond donors (Lipinski definition) is 0. The highest BCUT2D eigenvalue weighted by Gasteiger charge is 2.59. The number of ether oxygens (including phenoxy) is 1. The summed E-state index contributed by atoms with van der Waals surface area (Å²) in [4.78, 5) is 39.2. The number of imide groups is 1. The molecular formula is C31H27NO4. The van der Waals surface area contributed by atoms with Crippen LogP contribution < -0.4 is 0 Å². The summed E-state index contributed by atoms with van der Waals surface area (Å²) >= 11 is 0. The van der Waals surface area contributed by atoms with Gasteiger partial charge < -0.3 is 4.74 Å². The number of rotatable bonds is 7. The molecule has 4 atom stereocenters. The third-order valence-electron chi connectivity index (χ3n) is 8.59. The Morgan fingerprint density at radius 3 is 2.19 bits per heavy atom. The van der Waals surface area contributed by atoms with E-state index in [1.807, 2.05) is 0 Å². The molecule has 1 saturated heterocycles. The topological polar surface area (TPSA) is 63.7 Å². The Hall–Kier alpha value is -3.73. The largest absolute Gasteiger partial charge is 0.464 e. The summed E-state index contributed by atoms with van der Waals surface area (Å²) in [6.07, 6.45) is 6.86. The molecule has 5 nitrogen and oxygen atoms in total. The average Bonchev–Trinajstić information content (AvgIpc) is 3.58. The van der Waals surface area contributed by atoms with Gasteiger partial charge in [0.05, 0.1) is 18.4 Å². The molecular weight excluding hydrogens is 450 g/mol. The number of amides is 2. The van der Waals surface area contributed by atoms with E-state index >= 15 is 0 Å². The Morgan fingerprint density at radius 1 is 0.833 bits per heavy atom. The van der Waals surface area contributed by atoms with E-state index in [1.165, 1.54) is 42.8 Å². The van der Waals surface area contributed by atoms with Gasteiger partial charge in [0.15, 0.2) is 0 Å². The van der Waals surface area contributed by atoms with Gasteiger partial charge in [-0.3, -0.25) is 19.3 Å². The van der Waals surface area contributed by atoms with Crippen LogP contribution in [0.3, 0.4) is 0 Å². The molecule has 2 aliphatic carbocycles. The van der Waals surface area contributed by atoms with Crippen LogP contribution >= 0.6 is 0 Å². The van der Waals surface area contributed by atoms with Gasteiger partial charge in [0.25, 0.3) is 0 Å². The van der Waals surface area contributed by atoms with Crippen molar-refractivity contribution in [1.82, 2.24) is 4.90 Å². The number of carbonyl (C=O) groups is 3. The monoisotopic (exact) mass is 477 g/mol. The molecule has 2 fully saturated rings. The van der Waals surface area contributed by atoms with Crippen LogP contribution in [0.15, 0.2) is 66.7 Å². The van der Waals surface area contributed by atoms with Gasteiger partial charge in [-0.15, -0.1) is 0 Å². The van der Waals surface area contributed by atoms with Crippen molar-refractivity contribution in [1.29, 1.82) is 0 Å². The van der Waals surface area contributed by atoms with Gasteiger partial charge in [-0.25, -0.2) is 0 Å². The Bertz CT molecular complexity index is 1520. The Labute approximate surface area is 209 Å². The molecule has 36 heavy (non-hydrogen) atoms. The molecule has 1 heterocycles. The van der Waals surface area contributed by atoms with Crippen molar-refractivity contribution in [2.45, 2.75) is 25.7 Å². The molecule has 1 saturated carbocycles. The predicted molar refractivity (Wildman–Crippen MR) is 138 cm³/mol. The van der Waals surface area contributed by atoms with Crippen molar-refractivity contribution in [3.63, 3.8) is 0 Å². The molecule has 0 N–H and O–H groups in total. The molecule has 4 aromatic carbocycles. The van der Waals surface area contributed by atoms with E-state index in [9.17, 15) is 14.4 Å². The Kier molecular flexibility index (Phi) is 4.88. The zero-order valence-electron chi connectivity index (χ0n) is 20.0. The molecule has 0 aromatic heterocycles. The van der Waals surface area contributed by atoms with Crippen LogP contribution in [0.1, 0.15) is 24.8 Å². The second-order valence-corrected chi connectivity index (χ2v) is 10.5. The van der Waals surface area contributed by atoms with Crippen LogP contribution in [-0.4, -0.2) is 35.8 Å². The lowest BCUT2D eigenvalue weighted by molar-refractivity contribution is -0.149. The fourth-order valence-corrected chi connectivity index (χ4v) is 6.94. The third-order valence-corrected chi connectivity index (χ3v) is 8.59. The van der Waals surface area contributed by atoms with Crippen molar-refractivity contribution >= 4 is 50.1 Å². The molecule has 2 bridgehead atoms. The van der Waals surface area contributed by atoms with Crippen molar-refractivity contribution in [3.05, 3.63) is 72.3 Å². The van der Waals surface area contributed by atoms with Gasteiger partial charge in [0.2, 0.25) is 11.8 Å². The van der Waals surface area contributed by atoms with E-state index in [0.717, 1.165) is 12.8 Å². The second-order valence-electron chi connectivity index (χ2n) is 10.5. The minimum atomic E-state index is -0.284. The summed E-state index contributed by atoms with van der Waals surface area (Å²) in [5, 5.41) is 7.55. The summed E-state index contributed by atoms with van der Waals surface area (Å²) < 4.78 is 5.41. The predicted octanol–water partition coefficient (Wildman–Crippen LogP) is 5.26. The first-order valence-corrected chi connectivity index (χ1v) is 12.9. The SMILES string of the molecule is O=C(CCCc1ccc2ccc3cccc4ccc1c2c34)OCCN1C(=O)C2C3C=CC(C3)C2C1=O. The van der Waals surface area contributed by atoms with Crippen molar-refractivity contribution in [3.8, 4) is 0 Å². The van der Waals surface area contributed by atoms with Gasteiger partial charge in [-0.1, -0.05) is 66.7 Å². The van der Waals surface area contributed by atoms with Crippen molar-refractivity contribution in [2.24, 2.45) is 23.7 Å². The van der Waals surface area contributed by atoms with Crippen LogP contribution in [0.4, 0.5) is 0 Å². The number of aryl methyl sites for hydroxylation is 1. The van der Waals surface area contributed by atoms with E-state index in [0.29, 0.717) is 12.8 Å². The first-order valence-electron chi connectivity index (χ1n) is 12.9. The van der Waals surface area contributed by atoms with E-state index in [-0.39, 0.29) is 54.6 Å². The van der Waals surface area contributed by atoms with E-state index in [4.69, 9.17) is 4.74 Å². The van der Waals surface area contributed by atoms with Gasteiger partial charge in [0.1, 0.15) is 6.61 Å². The quantitative estimate of drug-likeness (QED) is 0.158. The van der Waals surface area contributed by atoms with Crippen LogP contribution in [-0.2, 0) is 25.5 Å². The number of fused-ring (bicyclic) bond motifs is 5. The van der Waals surface area contributed by atoms with Crippen LogP contribution in [0.2, 0.25) is 0 Å². The van der Waals surface area contributed by atoms with Crippen LogP contribution in [0.25, 0.3) is 32.3 Å². The molecule has 3 aliphatic rings. The number of hydrogen-bond acceptors (Lipinski definition) is 4. The summed E-state index contributed by atoms with van der Waals surface area (Å²) in [5.74, 6) is -0.470. The molecule has 1 aliphatic heterocycles. The highest BCUT2D eigenvalue weighted by Crippen LogP contribution is 2.52. The van der Waals surface area contributed by atoms with Crippen LogP contribution in [0, 0.1) is 23.7 Å². The van der Waals surface area contributed by atoms with Crippen molar-refractivity contribution < 1.29 is 19.1 Å². The molecule has 7 rings (SSSR count). The molecule has 0 radical (unpaired) electrons. The van der Waals surface area contributed by atoms with Gasteiger partial charge in [-0.05, 0) is 69.0 Å². The minimum absolute atomic E-state index is 0.0667. The molecule has 4 unspecified atom stereocenters. The smallest absolute Gasteiger partial charge is 0.305 e. The second kappa shape index (κ2) is 8.16. The number of likely N-dealkylation sites (tertiary alicyclic amines) is 1. The Morgan fingerprint density at radius 2 is 1.47 bits per heavy atom. The molecule has 2 amide bonds. The van der Waals surface area contributed by atoms with Gasteiger partial charge >= 0.3 is 5.97 Å². The van der Waals surface area contributed by atoms with Gasteiger partial charge in [0, 0.05) is 6.42 Å². The van der Waals surface area contributed by atoms with E-state index in [2.05, 4.69) is 66.7 Å². The number of esters is 1. The number of allylic oxidation sites excluding steroid dienone is 2. The number of benzene rings is 4. The maximum Gasteiger partial charge on any atom is 0.305 e. The van der Waals surface area contributed by atoms with E-state index < -0.39 is 0 Å². The lowest BCUT2D eigenvalue weighted by Crippen LogP contribution is -2.36. The third kappa shape index (κ3) is 3.18. The molecule has 4 aromatic rings. The highest BCUT2D eigenvalue weighted by molar-refractivity contribution is 6.23. The first-order chi connectivity index (χ1) is 17.6. The minimum Gasteiger partial charge on any atom is -0.464 e. The van der Waals surface area contributed by atoms with Crippen LogP contribution in [0.5, 0.6) is 0 Å².